The molecular weight excluding hydrogens is 302 g/mol. The molecule has 0 atom stereocenters. The molecule has 0 aliphatic heterocycles. The van der Waals surface area contributed by atoms with Gasteiger partial charge in [0.1, 0.15) is 0 Å². The van der Waals surface area contributed by atoms with Crippen LogP contribution in [0.1, 0.15) is 29.4 Å². The van der Waals surface area contributed by atoms with Gasteiger partial charge in [-0.2, -0.15) is 5.10 Å². The molecule has 1 aromatic heterocycles. The molecule has 5 nitrogen and oxygen atoms in total. The zero-order valence-corrected chi connectivity index (χ0v) is 13.5. The summed E-state index contributed by atoms with van der Waals surface area (Å²) in [5.41, 5.74) is 1.14. The van der Waals surface area contributed by atoms with Crippen molar-refractivity contribution >= 4 is 16.7 Å². The van der Waals surface area contributed by atoms with Crippen LogP contribution in [0.4, 0.5) is 0 Å². The number of carbonyl (C=O) groups is 1. The number of rotatable bonds is 5. The summed E-state index contributed by atoms with van der Waals surface area (Å²) >= 11 is 0. The van der Waals surface area contributed by atoms with E-state index in [2.05, 4.69) is 10.4 Å². The van der Waals surface area contributed by atoms with E-state index >= 15 is 0 Å². The lowest BCUT2D eigenvalue weighted by Crippen LogP contribution is -2.30. The second-order valence-corrected chi connectivity index (χ2v) is 5.59. The van der Waals surface area contributed by atoms with Gasteiger partial charge in [0.2, 0.25) is 0 Å². The van der Waals surface area contributed by atoms with Crippen molar-refractivity contribution in [2.24, 2.45) is 0 Å². The first-order valence-electron chi connectivity index (χ1n) is 8.02. The van der Waals surface area contributed by atoms with Gasteiger partial charge in [-0.15, -0.1) is 0 Å². The quantitative estimate of drug-likeness (QED) is 0.786. The Bertz CT molecular complexity index is 917. The van der Waals surface area contributed by atoms with Crippen LogP contribution in [-0.2, 0) is 13.1 Å². The third-order valence-electron chi connectivity index (χ3n) is 3.81. The molecule has 1 amide bonds. The van der Waals surface area contributed by atoms with Crippen LogP contribution in [0.2, 0.25) is 0 Å². The Kier molecular flexibility index (Phi) is 4.70. The number of amides is 1. The van der Waals surface area contributed by atoms with E-state index in [9.17, 15) is 9.59 Å². The van der Waals surface area contributed by atoms with Crippen LogP contribution >= 0.6 is 0 Å². The number of hydrogen-bond donors (Lipinski definition) is 1. The molecule has 0 unspecified atom stereocenters. The van der Waals surface area contributed by atoms with E-state index in [1.807, 2.05) is 43.3 Å². The molecule has 0 radical (unpaired) electrons. The average Bonchev–Trinajstić information content (AvgIpc) is 2.63. The van der Waals surface area contributed by atoms with Crippen LogP contribution in [0, 0.1) is 0 Å². The van der Waals surface area contributed by atoms with Crippen molar-refractivity contribution in [3.63, 3.8) is 0 Å². The van der Waals surface area contributed by atoms with E-state index in [0.717, 1.165) is 12.0 Å². The van der Waals surface area contributed by atoms with Crippen molar-refractivity contribution in [2.75, 3.05) is 0 Å². The summed E-state index contributed by atoms with van der Waals surface area (Å²) in [5.74, 6) is -0.278. The third-order valence-corrected chi connectivity index (χ3v) is 3.81. The van der Waals surface area contributed by atoms with Crippen molar-refractivity contribution in [2.45, 2.75) is 26.4 Å². The second kappa shape index (κ2) is 7.08. The first-order valence-corrected chi connectivity index (χ1v) is 8.02. The van der Waals surface area contributed by atoms with E-state index in [4.69, 9.17) is 0 Å². The molecule has 1 heterocycles. The Morgan fingerprint density at radius 1 is 1.04 bits per heavy atom. The molecule has 2 aromatic carbocycles. The Morgan fingerprint density at radius 3 is 2.42 bits per heavy atom. The van der Waals surface area contributed by atoms with Gasteiger partial charge < -0.3 is 5.32 Å². The van der Waals surface area contributed by atoms with Gasteiger partial charge in [-0.3, -0.25) is 9.59 Å². The van der Waals surface area contributed by atoms with Crippen molar-refractivity contribution in [1.82, 2.24) is 15.1 Å². The zero-order valence-electron chi connectivity index (χ0n) is 13.5. The maximum Gasteiger partial charge on any atom is 0.274 e. The molecule has 24 heavy (non-hydrogen) atoms. The SMILES string of the molecule is CCCn1nc(C(=O)NCc2ccccc2)c2ccccc2c1=O. The van der Waals surface area contributed by atoms with Crippen LogP contribution in [0.25, 0.3) is 10.8 Å². The van der Waals surface area contributed by atoms with Gasteiger partial charge in [-0.05, 0) is 18.1 Å². The summed E-state index contributed by atoms with van der Waals surface area (Å²) in [6, 6.07) is 16.8. The minimum atomic E-state index is -0.278. The fraction of sp³-hybridized carbons (Fsp3) is 0.211. The van der Waals surface area contributed by atoms with E-state index < -0.39 is 0 Å². The van der Waals surface area contributed by atoms with Gasteiger partial charge in [0.05, 0.1) is 5.39 Å². The third kappa shape index (κ3) is 3.20. The number of aromatic nitrogens is 2. The average molecular weight is 321 g/mol. The molecule has 0 saturated heterocycles. The number of benzene rings is 2. The largest absolute Gasteiger partial charge is 0.347 e. The highest BCUT2D eigenvalue weighted by molar-refractivity contribution is 6.04. The van der Waals surface area contributed by atoms with Crippen LogP contribution in [0.5, 0.6) is 0 Å². The number of carbonyl (C=O) groups excluding carboxylic acids is 1. The molecule has 3 rings (SSSR count). The second-order valence-electron chi connectivity index (χ2n) is 5.59. The van der Waals surface area contributed by atoms with Gasteiger partial charge >= 0.3 is 0 Å². The summed E-state index contributed by atoms with van der Waals surface area (Å²) in [6.07, 6.45) is 0.774. The molecule has 0 bridgehead atoms. The van der Waals surface area contributed by atoms with E-state index in [1.54, 1.807) is 18.2 Å². The van der Waals surface area contributed by atoms with Crippen LogP contribution < -0.4 is 10.9 Å². The molecule has 5 heteroatoms. The fourth-order valence-corrected chi connectivity index (χ4v) is 2.63. The van der Waals surface area contributed by atoms with Crippen LogP contribution in [0.15, 0.2) is 59.4 Å². The van der Waals surface area contributed by atoms with Gasteiger partial charge in [-0.25, -0.2) is 4.68 Å². The summed E-state index contributed by atoms with van der Waals surface area (Å²) in [6.45, 7) is 2.88. The van der Waals surface area contributed by atoms with Crippen molar-refractivity contribution in [3.8, 4) is 0 Å². The van der Waals surface area contributed by atoms with Crippen molar-refractivity contribution in [3.05, 3.63) is 76.2 Å². The lowest BCUT2D eigenvalue weighted by atomic mass is 10.1. The molecule has 122 valence electrons. The molecule has 0 aliphatic rings. The predicted octanol–water partition coefficient (Wildman–Crippen LogP) is 2.74. The van der Waals surface area contributed by atoms with Crippen molar-refractivity contribution < 1.29 is 4.79 Å². The number of hydrogen-bond acceptors (Lipinski definition) is 3. The van der Waals surface area contributed by atoms with Crippen molar-refractivity contribution in [1.29, 1.82) is 0 Å². The van der Waals surface area contributed by atoms with Gasteiger partial charge in [0.15, 0.2) is 5.69 Å². The Hall–Kier alpha value is -2.95. The summed E-state index contributed by atoms with van der Waals surface area (Å²) in [7, 11) is 0. The number of aryl methyl sites for hydroxylation is 1. The molecule has 0 aliphatic carbocycles. The molecule has 0 spiro atoms. The fourth-order valence-electron chi connectivity index (χ4n) is 2.63. The van der Waals surface area contributed by atoms with Gasteiger partial charge in [0, 0.05) is 18.5 Å². The first kappa shape index (κ1) is 15.9. The summed E-state index contributed by atoms with van der Waals surface area (Å²) in [5, 5.41) is 8.28. The maximum absolute atomic E-state index is 12.6. The summed E-state index contributed by atoms with van der Waals surface area (Å²) in [4.78, 5) is 25.1. The Balaban J connectivity index is 1.97. The minimum Gasteiger partial charge on any atom is -0.347 e. The highest BCUT2D eigenvalue weighted by atomic mass is 16.2. The molecule has 0 saturated carbocycles. The lowest BCUT2D eigenvalue weighted by molar-refractivity contribution is 0.0945. The highest BCUT2D eigenvalue weighted by Gasteiger charge is 2.16. The van der Waals surface area contributed by atoms with E-state index in [-0.39, 0.29) is 17.2 Å². The number of fused-ring (bicyclic) bond motifs is 1. The van der Waals surface area contributed by atoms with Crippen LogP contribution in [0.3, 0.4) is 0 Å². The minimum absolute atomic E-state index is 0.160. The Morgan fingerprint density at radius 2 is 1.71 bits per heavy atom. The zero-order chi connectivity index (χ0) is 16.9. The molecule has 3 aromatic rings. The van der Waals surface area contributed by atoms with E-state index in [0.29, 0.717) is 23.9 Å². The maximum atomic E-state index is 12.6. The molecule has 0 fully saturated rings. The Labute approximate surface area is 139 Å². The standard InChI is InChI=1S/C19H19N3O2/c1-2-12-22-19(24)16-11-7-6-10-15(16)17(21-22)18(23)20-13-14-8-4-3-5-9-14/h3-11H,2,12-13H2,1H3,(H,20,23). The lowest BCUT2D eigenvalue weighted by Gasteiger charge is -2.11. The monoisotopic (exact) mass is 321 g/mol. The van der Waals surface area contributed by atoms with E-state index in [1.165, 1.54) is 4.68 Å². The number of nitrogens with zero attached hydrogens (tertiary/aromatic N) is 2. The highest BCUT2D eigenvalue weighted by Crippen LogP contribution is 2.13. The predicted molar refractivity (Wildman–Crippen MR) is 93.9 cm³/mol. The van der Waals surface area contributed by atoms with Gasteiger partial charge in [0.25, 0.3) is 11.5 Å². The summed E-state index contributed by atoms with van der Waals surface area (Å²) < 4.78 is 1.37. The molecule has 1 N–H and O–H groups in total. The first-order chi connectivity index (χ1) is 11.7. The number of nitrogens with one attached hydrogen (secondary N) is 1. The normalized spacial score (nSPS) is 10.7. The van der Waals surface area contributed by atoms with Crippen LogP contribution in [-0.4, -0.2) is 15.7 Å². The van der Waals surface area contributed by atoms with Gasteiger partial charge in [-0.1, -0.05) is 55.5 Å². The topological polar surface area (TPSA) is 64.0 Å². The molecular formula is C19H19N3O2. The smallest absolute Gasteiger partial charge is 0.274 e.